The Labute approximate surface area is 219 Å². The molecule has 2 amide bonds. The summed E-state index contributed by atoms with van der Waals surface area (Å²) >= 11 is 0. The second-order valence-corrected chi connectivity index (χ2v) is 9.11. The van der Waals surface area contributed by atoms with Crippen molar-refractivity contribution in [3.63, 3.8) is 0 Å². The maximum atomic E-state index is 12.2. The van der Waals surface area contributed by atoms with Crippen molar-refractivity contribution in [1.82, 2.24) is 10.2 Å². The number of nitrogens with zero attached hydrogens (tertiary/aromatic N) is 2. The first kappa shape index (κ1) is 29.4. The van der Waals surface area contributed by atoms with Crippen LogP contribution in [0.1, 0.15) is 55.5 Å². The van der Waals surface area contributed by atoms with E-state index in [9.17, 15) is 14.4 Å². The minimum Gasteiger partial charge on any atom is -0.493 e. The number of allylic oxidation sites excluding steroid dienone is 2. The zero-order valence-electron chi connectivity index (χ0n) is 22.4. The molecule has 0 aliphatic heterocycles. The van der Waals surface area contributed by atoms with Crippen LogP contribution in [0.25, 0.3) is 0 Å². The summed E-state index contributed by atoms with van der Waals surface area (Å²) in [7, 11) is 4.79. The number of aromatic nitrogens is 1. The third kappa shape index (κ3) is 10.7. The van der Waals surface area contributed by atoms with Gasteiger partial charge in [0.05, 0.1) is 7.11 Å². The Bertz CT molecular complexity index is 1080. The first-order valence-electron chi connectivity index (χ1n) is 12.3. The Morgan fingerprint density at radius 2 is 1.89 bits per heavy atom. The van der Waals surface area contributed by atoms with Crippen molar-refractivity contribution in [2.45, 2.75) is 52.8 Å². The van der Waals surface area contributed by atoms with Crippen LogP contribution in [0.15, 0.2) is 54.9 Å². The van der Waals surface area contributed by atoms with Gasteiger partial charge in [-0.05, 0) is 48.9 Å². The van der Waals surface area contributed by atoms with Gasteiger partial charge in [0.2, 0.25) is 5.91 Å². The van der Waals surface area contributed by atoms with Crippen LogP contribution in [0.5, 0.6) is 11.5 Å². The largest absolute Gasteiger partial charge is 0.518 e. The minimum absolute atomic E-state index is 0.00967. The fourth-order valence-corrected chi connectivity index (χ4v) is 3.34. The number of hydrogen-bond acceptors (Lipinski definition) is 6. The summed E-state index contributed by atoms with van der Waals surface area (Å²) in [4.78, 5) is 37.9. The van der Waals surface area contributed by atoms with Crippen molar-refractivity contribution in [2.24, 2.45) is 5.92 Å². The maximum absolute atomic E-state index is 12.2. The highest BCUT2D eigenvalue weighted by Crippen LogP contribution is 2.28. The van der Waals surface area contributed by atoms with E-state index >= 15 is 0 Å². The van der Waals surface area contributed by atoms with Gasteiger partial charge in [0.15, 0.2) is 23.9 Å². The van der Waals surface area contributed by atoms with Gasteiger partial charge in [-0.3, -0.25) is 9.59 Å². The van der Waals surface area contributed by atoms with Crippen LogP contribution in [0.4, 0.5) is 4.79 Å². The van der Waals surface area contributed by atoms with Crippen molar-refractivity contribution < 1.29 is 33.2 Å². The SMILES string of the molecule is COc1cc(CNC(=O)CCCCC=CC(C)C)ccc1OC(=O)OC[n+]1cccc(C(=O)N(C)C)c1. The molecule has 9 heteroatoms. The van der Waals surface area contributed by atoms with E-state index in [4.69, 9.17) is 14.2 Å². The zero-order valence-corrected chi connectivity index (χ0v) is 22.4. The van der Waals surface area contributed by atoms with Crippen LogP contribution in [-0.4, -0.2) is 44.1 Å². The Morgan fingerprint density at radius 1 is 1.11 bits per heavy atom. The zero-order chi connectivity index (χ0) is 27.2. The van der Waals surface area contributed by atoms with Crippen molar-refractivity contribution in [2.75, 3.05) is 21.2 Å². The average Bonchev–Trinajstić information content (AvgIpc) is 2.88. The second-order valence-electron chi connectivity index (χ2n) is 9.11. The van der Waals surface area contributed by atoms with Crippen molar-refractivity contribution >= 4 is 18.0 Å². The number of benzene rings is 1. The fourth-order valence-electron chi connectivity index (χ4n) is 3.34. The van der Waals surface area contributed by atoms with Crippen molar-refractivity contribution in [3.8, 4) is 11.5 Å². The van der Waals surface area contributed by atoms with Gasteiger partial charge < -0.3 is 24.4 Å². The number of hydrogen-bond donors (Lipinski definition) is 1. The third-order valence-electron chi connectivity index (χ3n) is 5.30. The molecular formula is C28H38N3O6+. The predicted octanol–water partition coefficient (Wildman–Crippen LogP) is 4.25. The number of rotatable bonds is 13. The molecule has 0 fully saturated rings. The number of unbranched alkanes of at least 4 members (excludes halogenated alkanes) is 2. The quantitative estimate of drug-likeness (QED) is 0.142. The molecule has 0 atom stereocenters. The molecule has 0 radical (unpaired) electrons. The molecule has 200 valence electrons. The predicted molar refractivity (Wildman–Crippen MR) is 139 cm³/mol. The molecule has 0 saturated heterocycles. The fraction of sp³-hybridized carbons (Fsp3) is 0.429. The molecule has 1 N–H and O–H groups in total. The molecule has 1 aromatic carbocycles. The molecule has 37 heavy (non-hydrogen) atoms. The Hall–Kier alpha value is -3.88. The number of carbonyl (C=O) groups excluding carboxylic acids is 3. The number of amides is 2. The number of ether oxygens (including phenoxy) is 3. The summed E-state index contributed by atoms with van der Waals surface area (Å²) in [5, 5.41) is 2.90. The molecule has 0 saturated carbocycles. The molecule has 1 aromatic heterocycles. The highest BCUT2D eigenvalue weighted by molar-refractivity contribution is 5.93. The smallest absolute Gasteiger partial charge is 0.493 e. The lowest BCUT2D eigenvalue weighted by Crippen LogP contribution is -2.37. The number of pyridine rings is 1. The van der Waals surface area contributed by atoms with Crippen LogP contribution >= 0.6 is 0 Å². The van der Waals surface area contributed by atoms with E-state index in [0.29, 0.717) is 30.2 Å². The van der Waals surface area contributed by atoms with Crippen LogP contribution < -0.4 is 19.4 Å². The first-order chi connectivity index (χ1) is 17.7. The van der Waals surface area contributed by atoms with Gasteiger partial charge in [-0.25, -0.2) is 4.79 Å². The van der Waals surface area contributed by atoms with E-state index in [1.807, 2.05) is 0 Å². The third-order valence-corrected chi connectivity index (χ3v) is 5.30. The monoisotopic (exact) mass is 512 g/mol. The normalized spacial score (nSPS) is 10.9. The summed E-state index contributed by atoms with van der Waals surface area (Å²) in [5.74, 6) is 0.910. The van der Waals surface area contributed by atoms with Gasteiger partial charge >= 0.3 is 6.16 Å². The Kier molecular flexibility index (Phi) is 12.1. The van der Waals surface area contributed by atoms with Crippen molar-refractivity contribution in [1.29, 1.82) is 0 Å². The van der Waals surface area contributed by atoms with E-state index in [0.717, 1.165) is 24.8 Å². The van der Waals surface area contributed by atoms with Crippen LogP contribution in [-0.2, 0) is 22.8 Å². The van der Waals surface area contributed by atoms with Crippen LogP contribution in [0.2, 0.25) is 0 Å². The molecule has 0 unspecified atom stereocenters. The van der Waals surface area contributed by atoms with Gasteiger partial charge in [0.1, 0.15) is 5.56 Å². The van der Waals surface area contributed by atoms with Gasteiger partial charge in [-0.1, -0.05) is 32.1 Å². The molecule has 0 aliphatic carbocycles. The number of nitrogens with one attached hydrogen (secondary N) is 1. The standard InChI is InChI=1S/C28H37N3O6/c1-21(2)11-8-6-7-9-13-26(32)29-18-22-14-15-24(25(17-22)35-5)37-28(34)36-20-31-16-10-12-23(19-31)27(33)30(3)4/h8,10-12,14-17,19,21H,6-7,9,13,18,20H2,1-5H3/p+1. The molecular weight excluding hydrogens is 474 g/mol. The summed E-state index contributed by atoms with van der Waals surface area (Å²) in [6.45, 7) is 4.49. The van der Waals surface area contributed by atoms with E-state index < -0.39 is 6.16 Å². The molecule has 2 aromatic rings. The molecule has 2 rings (SSSR count). The van der Waals surface area contributed by atoms with Gasteiger partial charge in [0.25, 0.3) is 12.6 Å². The van der Waals surface area contributed by atoms with Gasteiger partial charge in [-0.15, -0.1) is 0 Å². The summed E-state index contributed by atoms with van der Waals surface area (Å²) in [6, 6.07) is 8.40. The second kappa shape index (κ2) is 15.3. The lowest BCUT2D eigenvalue weighted by atomic mass is 10.1. The Balaban J connectivity index is 1.82. The highest BCUT2D eigenvalue weighted by Gasteiger charge is 2.16. The summed E-state index contributed by atoms with van der Waals surface area (Å²) in [6.07, 6.45) is 9.95. The van der Waals surface area contributed by atoms with E-state index in [1.165, 1.54) is 12.0 Å². The van der Waals surface area contributed by atoms with E-state index in [-0.39, 0.29) is 24.3 Å². The summed E-state index contributed by atoms with van der Waals surface area (Å²) < 4.78 is 17.4. The lowest BCUT2D eigenvalue weighted by Gasteiger charge is -2.11. The highest BCUT2D eigenvalue weighted by atomic mass is 16.7. The molecule has 0 bridgehead atoms. The first-order valence-corrected chi connectivity index (χ1v) is 12.3. The number of carbonyl (C=O) groups is 3. The van der Waals surface area contributed by atoms with Crippen LogP contribution in [0, 0.1) is 5.92 Å². The summed E-state index contributed by atoms with van der Waals surface area (Å²) in [5.41, 5.74) is 1.27. The van der Waals surface area contributed by atoms with Crippen molar-refractivity contribution in [3.05, 3.63) is 66.0 Å². The molecule has 0 spiro atoms. The Morgan fingerprint density at radius 3 is 2.59 bits per heavy atom. The topological polar surface area (TPSA) is 98.0 Å². The lowest BCUT2D eigenvalue weighted by molar-refractivity contribution is -0.727. The van der Waals surface area contributed by atoms with Gasteiger partial charge in [-0.2, -0.15) is 4.57 Å². The van der Waals surface area contributed by atoms with Crippen LogP contribution in [0.3, 0.4) is 0 Å². The van der Waals surface area contributed by atoms with E-state index in [1.54, 1.807) is 61.4 Å². The molecule has 1 heterocycles. The van der Waals surface area contributed by atoms with E-state index in [2.05, 4.69) is 31.3 Å². The minimum atomic E-state index is -0.917. The van der Waals surface area contributed by atoms with Gasteiger partial charge in [0, 0.05) is 33.1 Å². The average molecular weight is 513 g/mol. The molecule has 9 nitrogen and oxygen atoms in total. The number of methoxy groups -OCH3 is 1. The maximum Gasteiger partial charge on any atom is 0.518 e. The molecule has 0 aliphatic rings.